The number of amides is 1. The van der Waals surface area contributed by atoms with E-state index in [1.807, 2.05) is 24.9 Å². The molecule has 2 saturated heterocycles. The monoisotopic (exact) mass is 279 g/mol. The molecule has 1 spiro atoms. The third-order valence-electron chi connectivity index (χ3n) is 4.14. The lowest BCUT2D eigenvalue weighted by atomic mass is 10.0. The Hall–Kier alpha value is -1.40. The molecule has 1 amide bonds. The highest BCUT2D eigenvalue weighted by Crippen LogP contribution is 2.31. The zero-order valence-corrected chi connectivity index (χ0v) is 12.1. The van der Waals surface area contributed by atoms with Crippen molar-refractivity contribution >= 4 is 5.91 Å². The van der Waals surface area contributed by atoms with E-state index < -0.39 is 5.79 Å². The summed E-state index contributed by atoms with van der Waals surface area (Å²) in [6.45, 7) is 4.71. The van der Waals surface area contributed by atoms with Crippen molar-refractivity contribution in [1.82, 2.24) is 14.7 Å². The maximum absolute atomic E-state index is 12.5. The molecule has 110 valence electrons. The molecular formula is C14H21N3O3. The van der Waals surface area contributed by atoms with Crippen LogP contribution in [0.4, 0.5) is 0 Å². The van der Waals surface area contributed by atoms with Crippen molar-refractivity contribution in [3.8, 4) is 0 Å². The van der Waals surface area contributed by atoms with Crippen LogP contribution in [0.3, 0.4) is 0 Å². The predicted octanol–water partition coefficient (Wildman–Crippen LogP) is 0.962. The summed E-state index contributed by atoms with van der Waals surface area (Å²) in [6, 6.07) is 1.88. The third-order valence-corrected chi connectivity index (χ3v) is 4.14. The number of aromatic nitrogens is 2. The Morgan fingerprint density at radius 1 is 1.35 bits per heavy atom. The van der Waals surface area contributed by atoms with Gasteiger partial charge in [0, 0.05) is 33.0 Å². The molecule has 2 aliphatic rings. The Kier molecular flexibility index (Phi) is 3.52. The van der Waals surface area contributed by atoms with Crippen molar-refractivity contribution in [3.63, 3.8) is 0 Å². The zero-order valence-electron chi connectivity index (χ0n) is 12.1. The van der Waals surface area contributed by atoms with E-state index in [0.29, 0.717) is 32.0 Å². The minimum atomic E-state index is -0.433. The second-order valence-corrected chi connectivity index (χ2v) is 5.40. The van der Waals surface area contributed by atoms with E-state index in [9.17, 15) is 4.79 Å². The van der Waals surface area contributed by atoms with Crippen molar-refractivity contribution in [2.45, 2.75) is 32.0 Å². The van der Waals surface area contributed by atoms with Crippen molar-refractivity contribution in [1.29, 1.82) is 0 Å². The zero-order chi connectivity index (χ0) is 14.2. The summed E-state index contributed by atoms with van der Waals surface area (Å²) < 4.78 is 13.0. The molecular weight excluding hydrogens is 258 g/mol. The van der Waals surface area contributed by atoms with Crippen LogP contribution in [-0.4, -0.2) is 52.7 Å². The van der Waals surface area contributed by atoms with Gasteiger partial charge in [-0.15, -0.1) is 0 Å². The topological polar surface area (TPSA) is 56.6 Å². The first kappa shape index (κ1) is 13.6. The van der Waals surface area contributed by atoms with Crippen LogP contribution in [0.2, 0.25) is 0 Å². The van der Waals surface area contributed by atoms with E-state index in [2.05, 4.69) is 5.10 Å². The summed E-state index contributed by atoms with van der Waals surface area (Å²) in [5.41, 5.74) is 1.61. The van der Waals surface area contributed by atoms with Crippen LogP contribution in [0, 0.1) is 0 Å². The van der Waals surface area contributed by atoms with Crippen molar-refractivity contribution < 1.29 is 14.3 Å². The number of rotatable bonds is 2. The van der Waals surface area contributed by atoms with E-state index in [1.54, 1.807) is 4.68 Å². The van der Waals surface area contributed by atoms with E-state index >= 15 is 0 Å². The van der Waals surface area contributed by atoms with Crippen LogP contribution in [0.1, 0.15) is 35.9 Å². The number of aryl methyl sites for hydroxylation is 2. The first-order valence-corrected chi connectivity index (χ1v) is 7.24. The van der Waals surface area contributed by atoms with Crippen LogP contribution < -0.4 is 0 Å². The number of likely N-dealkylation sites (tertiary alicyclic amines) is 1. The minimum Gasteiger partial charge on any atom is -0.347 e. The summed E-state index contributed by atoms with van der Waals surface area (Å²) in [7, 11) is 1.82. The average Bonchev–Trinajstić information content (AvgIpc) is 3.06. The minimum absolute atomic E-state index is 0.0487. The lowest BCUT2D eigenvalue weighted by Crippen LogP contribution is -2.47. The predicted molar refractivity (Wildman–Crippen MR) is 72.4 cm³/mol. The van der Waals surface area contributed by atoms with E-state index in [1.165, 1.54) is 0 Å². The molecule has 0 N–H and O–H groups in total. The molecule has 2 fully saturated rings. The molecule has 6 heteroatoms. The molecule has 0 radical (unpaired) electrons. The molecule has 0 aliphatic carbocycles. The van der Waals surface area contributed by atoms with Gasteiger partial charge in [0.05, 0.1) is 18.9 Å². The van der Waals surface area contributed by atoms with Crippen LogP contribution in [-0.2, 0) is 22.9 Å². The van der Waals surface area contributed by atoms with Gasteiger partial charge in [-0.25, -0.2) is 0 Å². The number of carbonyl (C=O) groups excluding carboxylic acids is 1. The Morgan fingerprint density at radius 3 is 2.55 bits per heavy atom. The number of hydrogen-bond donors (Lipinski definition) is 0. The molecule has 6 nitrogen and oxygen atoms in total. The van der Waals surface area contributed by atoms with Crippen molar-refractivity contribution in [3.05, 3.63) is 17.5 Å². The Morgan fingerprint density at radius 2 is 2.00 bits per heavy atom. The molecule has 1 aromatic heterocycles. The summed E-state index contributed by atoms with van der Waals surface area (Å²) >= 11 is 0. The molecule has 0 aromatic carbocycles. The standard InChI is InChI=1S/C14H21N3O3/c1-3-11-10-12(16(2)15-11)13(18)17-6-4-14(5-7-17)19-8-9-20-14/h10H,3-9H2,1-2H3. The van der Waals surface area contributed by atoms with E-state index in [-0.39, 0.29) is 5.91 Å². The molecule has 0 unspecified atom stereocenters. The highest BCUT2D eigenvalue weighted by atomic mass is 16.7. The highest BCUT2D eigenvalue weighted by Gasteiger charge is 2.41. The fraction of sp³-hybridized carbons (Fsp3) is 0.714. The third kappa shape index (κ3) is 2.33. The lowest BCUT2D eigenvalue weighted by Gasteiger charge is -2.37. The van der Waals surface area contributed by atoms with Crippen LogP contribution in [0.15, 0.2) is 6.07 Å². The SMILES string of the molecule is CCc1cc(C(=O)N2CCC3(CC2)OCCO3)n(C)n1. The maximum atomic E-state index is 12.5. The Balaban J connectivity index is 1.68. The van der Waals surface area contributed by atoms with Gasteiger partial charge >= 0.3 is 0 Å². The molecule has 3 rings (SSSR count). The quantitative estimate of drug-likeness (QED) is 0.809. The molecule has 0 saturated carbocycles. The normalized spacial score (nSPS) is 21.6. The molecule has 1 aromatic rings. The second-order valence-electron chi connectivity index (χ2n) is 5.40. The van der Waals surface area contributed by atoms with Gasteiger partial charge in [-0.1, -0.05) is 6.92 Å². The Bertz CT molecular complexity index is 496. The molecule has 0 bridgehead atoms. The fourth-order valence-corrected chi connectivity index (χ4v) is 2.90. The van der Waals surface area contributed by atoms with E-state index in [0.717, 1.165) is 25.0 Å². The fourth-order valence-electron chi connectivity index (χ4n) is 2.90. The van der Waals surface area contributed by atoms with E-state index in [4.69, 9.17) is 9.47 Å². The molecule has 3 heterocycles. The van der Waals surface area contributed by atoms with Crippen molar-refractivity contribution in [2.75, 3.05) is 26.3 Å². The summed E-state index contributed by atoms with van der Waals surface area (Å²) in [4.78, 5) is 14.4. The van der Waals surface area contributed by atoms with Gasteiger partial charge in [-0.2, -0.15) is 5.10 Å². The van der Waals surface area contributed by atoms with Gasteiger partial charge in [0.2, 0.25) is 0 Å². The molecule has 20 heavy (non-hydrogen) atoms. The highest BCUT2D eigenvalue weighted by molar-refractivity contribution is 5.92. The van der Waals surface area contributed by atoms with Gasteiger partial charge in [0.25, 0.3) is 5.91 Å². The number of ether oxygens (including phenoxy) is 2. The Labute approximate surface area is 118 Å². The largest absolute Gasteiger partial charge is 0.347 e. The van der Waals surface area contributed by atoms with Crippen LogP contribution >= 0.6 is 0 Å². The first-order chi connectivity index (χ1) is 9.63. The molecule has 0 atom stereocenters. The average molecular weight is 279 g/mol. The smallest absolute Gasteiger partial charge is 0.272 e. The van der Waals surface area contributed by atoms with Gasteiger partial charge in [0.15, 0.2) is 5.79 Å². The van der Waals surface area contributed by atoms with Gasteiger partial charge in [-0.3, -0.25) is 9.48 Å². The summed E-state index contributed by atoms with van der Waals surface area (Å²) in [5.74, 6) is -0.384. The van der Waals surface area contributed by atoms with Crippen LogP contribution in [0.25, 0.3) is 0 Å². The number of carbonyl (C=O) groups is 1. The number of hydrogen-bond acceptors (Lipinski definition) is 4. The second kappa shape index (κ2) is 5.18. The summed E-state index contributed by atoms with van der Waals surface area (Å²) in [6.07, 6.45) is 2.33. The van der Waals surface area contributed by atoms with Crippen LogP contribution in [0.5, 0.6) is 0 Å². The maximum Gasteiger partial charge on any atom is 0.272 e. The first-order valence-electron chi connectivity index (χ1n) is 7.24. The number of piperidine rings is 1. The lowest BCUT2D eigenvalue weighted by molar-refractivity contribution is -0.181. The van der Waals surface area contributed by atoms with Gasteiger partial charge in [0.1, 0.15) is 5.69 Å². The molecule has 2 aliphatic heterocycles. The van der Waals surface area contributed by atoms with Gasteiger partial charge in [-0.05, 0) is 12.5 Å². The van der Waals surface area contributed by atoms with Gasteiger partial charge < -0.3 is 14.4 Å². The van der Waals surface area contributed by atoms with Crippen molar-refractivity contribution in [2.24, 2.45) is 7.05 Å². The number of nitrogens with zero attached hydrogens (tertiary/aromatic N) is 3. The summed E-state index contributed by atoms with van der Waals surface area (Å²) in [5, 5.41) is 4.34.